The Morgan fingerprint density at radius 3 is 2.45 bits per heavy atom. The van der Waals surface area contributed by atoms with Gasteiger partial charge in [0.1, 0.15) is 5.75 Å². The summed E-state index contributed by atoms with van der Waals surface area (Å²) in [4.78, 5) is 13.6. The minimum Gasteiger partial charge on any atom is -0.496 e. The molecule has 1 N–H and O–H groups in total. The molecule has 6 nitrogen and oxygen atoms in total. The molecule has 0 radical (unpaired) electrons. The number of fused-ring (bicyclic) bond motifs is 1. The van der Waals surface area contributed by atoms with Crippen molar-refractivity contribution in [1.82, 2.24) is 9.29 Å². The number of hydrogen-bond acceptors (Lipinski definition) is 5. The molecule has 8 heteroatoms. The molecule has 0 atom stereocenters. The Balaban J connectivity index is 1.86. The second-order valence-electron chi connectivity index (χ2n) is 8.23. The molecule has 3 aromatic rings. The second-order valence-corrected chi connectivity index (χ2v) is 10.9. The van der Waals surface area contributed by atoms with E-state index >= 15 is 0 Å². The summed E-state index contributed by atoms with van der Waals surface area (Å²) >= 11 is 1.53. The summed E-state index contributed by atoms with van der Waals surface area (Å²) in [6, 6.07) is 12.3. The molecule has 164 valence electrons. The van der Waals surface area contributed by atoms with E-state index in [1.54, 1.807) is 37.4 Å². The van der Waals surface area contributed by atoms with Crippen LogP contribution >= 0.6 is 11.8 Å². The zero-order valence-electron chi connectivity index (χ0n) is 18.1. The monoisotopic (exact) mass is 458 g/mol. The van der Waals surface area contributed by atoms with Gasteiger partial charge < -0.3 is 10.1 Å². The first-order chi connectivity index (χ1) is 14.7. The molecule has 0 spiro atoms. The van der Waals surface area contributed by atoms with Gasteiger partial charge in [-0.3, -0.25) is 4.79 Å². The van der Waals surface area contributed by atoms with E-state index in [1.165, 1.54) is 15.7 Å². The number of ether oxygens (including phenoxy) is 1. The summed E-state index contributed by atoms with van der Waals surface area (Å²) in [5.41, 5.74) is 1.68. The van der Waals surface area contributed by atoms with E-state index in [1.807, 2.05) is 32.2 Å². The van der Waals surface area contributed by atoms with Crippen LogP contribution in [0.3, 0.4) is 0 Å². The van der Waals surface area contributed by atoms with Crippen molar-refractivity contribution in [2.24, 2.45) is 5.41 Å². The Bertz CT molecular complexity index is 1260. The molecule has 1 saturated carbocycles. The lowest BCUT2D eigenvalue weighted by molar-refractivity contribution is -0.125. The molecule has 0 aliphatic heterocycles. The van der Waals surface area contributed by atoms with Crippen LogP contribution in [0.4, 0.5) is 0 Å². The maximum absolute atomic E-state index is 13.7. The van der Waals surface area contributed by atoms with Gasteiger partial charge in [0.2, 0.25) is 5.91 Å². The van der Waals surface area contributed by atoms with Gasteiger partial charge in [-0.25, -0.2) is 12.4 Å². The van der Waals surface area contributed by atoms with Crippen LogP contribution in [0.25, 0.3) is 10.9 Å². The maximum atomic E-state index is 13.7. The van der Waals surface area contributed by atoms with Crippen LogP contribution in [0.5, 0.6) is 5.75 Å². The Morgan fingerprint density at radius 2 is 1.87 bits per heavy atom. The molecule has 1 aliphatic rings. The van der Waals surface area contributed by atoms with Crippen molar-refractivity contribution < 1.29 is 17.9 Å². The van der Waals surface area contributed by atoms with E-state index in [4.69, 9.17) is 4.74 Å². The minimum absolute atomic E-state index is 0.0422. The van der Waals surface area contributed by atoms with E-state index < -0.39 is 10.0 Å². The van der Waals surface area contributed by atoms with Gasteiger partial charge in [-0.05, 0) is 50.3 Å². The first-order valence-corrected chi connectivity index (χ1v) is 12.7. The normalized spacial score (nSPS) is 15.1. The summed E-state index contributed by atoms with van der Waals surface area (Å²) in [6.45, 7) is 3.97. The molecule has 0 bridgehead atoms. The van der Waals surface area contributed by atoms with Gasteiger partial charge in [0.05, 0.1) is 29.8 Å². The third-order valence-electron chi connectivity index (χ3n) is 5.87. The zero-order valence-corrected chi connectivity index (χ0v) is 19.7. The summed E-state index contributed by atoms with van der Waals surface area (Å²) < 4.78 is 34.1. The zero-order chi connectivity index (χ0) is 22.4. The van der Waals surface area contributed by atoms with Crippen molar-refractivity contribution in [3.63, 3.8) is 0 Å². The van der Waals surface area contributed by atoms with Crippen LogP contribution in [0.1, 0.15) is 31.0 Å². The highest BCUT2D eigenvalue weighted by Gasteiger charge is 2.44. The fourth-order valence-corrected chi connectivity index (χ4v) is 5.71. The number of benzene rings is 2. The molecule has 4 rings (SSSR count). The summed E-state index contributed by atoms with van der Waals surface area (Å²) in [5, 5.41) is 3.71. The lowest BCUT2D eigenvalue weighted by Gasteiger charge is -2.15. The number of thioether (sulfide) groups is 1. The van der Waals surface area contributed by atoms with E-state index in [0.717, 1.165) is 28.7 Å². The van der Waals surface area contributed by atoms with E-state index in [-0.39, 0.29) is 22.8 Å². The van der Waals surface area contributed by atoms with Crippen molar-refractivity contribution in [1.29, 1.82) is 0 Å². The number of carbonyl (C=O) groups is 1. The van der Waals surface area contributed by atoms with Crippen LogP contribution < -0.4 is 10.1 Å². The highest BCUT2D eigenvalue weighted by atomic mass is 32.2. The van der Waals surface area contributed by atoms with Crippen molar-refractivity contribution >= 4 is 38.6 Å². The Labute approximate surface area is 187 Å². The minimum atomic E-state index is -3.88. The predicted molar refractivity (Wildman–Crippen MR) is 123 cm³/mol. The Hall–Kier alpha value is -2.45. The van der Waals surface area contributed by atoms with Gasteiger partial charge in [-0.1, -0.05) is 24.6 Å². The SMILES string of the molecule is COc1cc2c(cc1SC)cc(CNC(=O)C1(C)CC1)n2S(=O)(=O)c1ccc(C)cc1. The van der Waals surface area contributed by atoms with Crippen molar-refractivity contribution in [2.45, 2.75) is 43.0 Å². The van der Waals surface area contributed by atoms with Gasteiger partial charge in [0.15, 0.2) is 0 Å². The average molecular weight is 459 g/mol. The summed E-state index contributed by atoms with van der Waals surface area (Å²) in [7, 11) is -2.31. The molecular weight excluding hydrogens is 432 g/mol. The van der Waals surface area contributed by atoms with Gasteiger partial charge in [0, 0.05) is 21.8 Å². The third kappa shape index (κ3) is 3.94. The standard InChI is InChI=1S/C23H26N2O4S2/c1-15-5-7-18(8-6-15)31(27,28)25-17(14-24-22(26)23(2)9-10-23)11-16-12-21(30-4)20(29-3)13-19(16)25/h5-8,11-13H,9-10,14H2,1-4H3,(H,24,26). The molecule has 31 heavy (non-hydrogen) atoms. The number of carbonyl (C=O) groups excluding carboxylic acids is 1. The quantitative estimate of drug-likeness (QED) is 0.533. The number of methoxy groups -OCH3 is 1. The number of rotatable bonds is 7. The van der Waals surface area contributed by atoms with Crippen LogP contribution in [-0.2, 0) is 21.4 Å². The molecule has 1 fully saturated rings. The molecule has 0 saturated heterocycles. The first kappa shape index (κ1) is 21.8. The number of amides is 1. The highest BCUT2D eigenvalue weighted by Crippen LogP contribution is 2.45. The number of nitrogens with one attached hydrogen (secondary N) is 1. The van der Waals surface area contributed by atoms with Crippen LogP contribution in [0.2, 0.25) is 0 Å². The predicted octanol–water partition coefficient (Wildman–Crippen LogP) is 4.33. The Kier molecular flexibility index (Phi) is 5.55. The summed E-state index contributed by atoms with van der Waals surface area (Å²) in [6.07, 6.45) is 3.66. The number of aromatic nitrogens is 1. The number of aryl methyl sites for hydroxylation is 1. The van der Waals surface area contributed by atoms with Crippen LogP contribution in [-0.4, -0.2) is 31.7 Å². The van der Waals surface area contributed by atoms with Crippen LogP contribution in [0, 0.1) is 12.3 Å². The summed E-state index contributed by atoms with van der Waals surface area (Å²) in [5.74, 6) is 0.568. The Morgan fingerprint density at radius 1 is 1.19 bits per heavy atom. The van der Waals surface area contributed by atoms with Gasteiger partial charge >= 0.3 is 0 Å². The van der Waals surface area contributed by atoms with E-state index in [9.17, 15) is 13.2 Å². The first-order valence-electron chi connectivity index (χ1n) is 10.1. The number of hydrogen-bond donors (Lipinski definition) is 1. The third-order valence-corrected chi connectivity index (χ3v) is 8.41. The fraction of sp³-hybridized carbons (Fsp3) is 0.348. The molecular formula is C23H26N2O4S2. The molecule has 2 aromatic carbocycles. The average Bonchev–Trinajstić information content (AvgIpc) is 3.40. The lowest BCUT2D eigenvalue weighted by Crippen LogP contribution is -2.31. The number of nitrogens with zero attached hydrogens (tertiary/aromatic N) is 1. The molecule has 0 unspecified atom stereocenters. The highest BCUT2D eigenvalue weighted by molar-refractivity contribution is 7.98. The smallest absolute Gasteiger partial charge is 0.268 e. The van der Waals surface area contributed by atoms with Crippen LogP contribution in [0.15, 0.2) is 52.3 Å². The van der Waals surface area contributed by atoms with Gasteiger partial charge in [-0.2, -0.15) is 0 Å². The molecule has 1 aliphatic carbocycles. The van der Waals surface area contributed by atoms with Gasteiger partial charge in [0.25, 0.3) is 10.0 Å². The van der Waals surface area contributed by atoms with Gasteiger partial charge in [-0.15, -0.1) is 11.8 Å². The maximum Gasteiger partial charge on any atom is 0.268 e. The molecule has 1 aromatic heterocycles. The van der Waals surface area contributed by atoms with E-state index in [0.29, 0.717) is 17.0 Å². The molecule has 1 amide bonds. The fourth-order valence-electron chi connectivity index (χ4n) is 3.59. The topological polar surface area (TPSA) is 77.4 Å². The lowest BCUT2D eigenvalue weighted by atomic mass is 10.1. The van der Waals surface area contributed by atoms with Crippen molar-refractivity contribution in [2.75, 3.05) is 13.4 Å². The van der Waals surface area contributed by atoms with Crippen molar-refractivity contribution in [3.8, 4) is 5.75 Å². The molecule has 1 heterocycles. The second kappa shape index (κ2) is 7.91. The van der Waals surface area contributed by atoms with Crippen molar-refractivity contribution in [3.05, 3.63) is 53.7 Å². The van der Waals surface area contributed by atoms with E-state index in [2.05, 4.69) is 5.32 Å². The largest absolute Gasteiger partial charge is 0.496 e.